The molecule has 1 aromatic heterocycles. The van der Waals surface area contributed by atoms with Crippen molar-refractivity contribution in [2.75, 3.05) is 0 Å². The summed E-state index contributed by atoms with van der Waals surface area (Å²) in [4.78, 5) is 4.02. The number of halogens is 1. The van der Waals surface area contributed by atoms with Gasteiger partial charge in [-0.2, -0.15) is 4.98 Å². The van der Waals surface area contributed by atoms with Gasteiger partial charge in [-0.25, -0.2) is 4.39 Å². The van der Waals surface area contributed by atoms with Crippen molar-refractivity contribution in [3.63, 3.8) is 0 Å². The predicted octanol–water partition coefficient (Wildman–Crippen LogP) is 2.95. The highest BCUT2D eigenvalue weighted by Crippen LogP contribution is 2.32. The normalized spacial score (nSPS) is 10.7. The Labute approximate surface area is 112 Å². The Hall–Kier alpha value is -2.89. The molecule has 5 nitrogen and oxygen atoms in total. The van der Waals surface area contributed by atoms with Crippen LogP contribution < -0.4 is 0 Å². The highest BCUT2D eigenvalue weighted by Gasteiger charge is 2.16. The van der Waals surface area contributed by atoms with E-state index in [1.165, 1.54) is 30.3 Å². The number of nitrogens with zero attached hydrogens (tertiary/aromatic N) is 2. The highest BCUT2D eigenvalue weighted by molar-refractivity contribution is 5.66. The van der Waals surface area contributed by atoms with Gasteiger partial charge in [-0.05, 0) is 30.3 Å². The Morgan fingerprint density at radius 2 is 1.80 bits per heavy atom. The molecule has 0 amide bonds. The molecule has 0 aliphatic carbocycles. The van der Waals surface area contributed by atoms with Crippen LogP contribution in [0.5, 0.6) is 11.5 Å². The van der Waals surface area contributed by atoms with Crippen LogP contribution in [-0.2, 0) is 0 Å². The standard InChI is InChI=1S/C14H9FN2O3/c15-11-4-2-1-3-9(11)13-16-14(20-17-13)10-7-8(18)5-6-12(10)19/h1-7,18-19H. The van der Waals surface area contributed by atoms with Gasteiger partial charge in [-0.3, -0.25) is 0 Å². The van der Waals surface area contributed by atoms with Gasteiger partial charge >= 0.3 is 0 Å². The molecule has 20 heavy (non-hydrogen) atoms. The first-order valence-electron chi connectivity index (χ1n) is 5.76. The zero-order chi connectivity index (χ0) is 14.1. The zero-order valence-electron chi connectivity index (χ0n) is 10.1. The van der Waals surface area contributed by atoms with E-state index in [1.807, 2.05) is 0 Å². The fourth-order valence-corrected chi connectivity index (χ4v) is 1.78. The first-order valence-corrected chi connectivity index (χ1v) is 5.76. The van der Waals surface area contributed by atoms with Gasteiger partial charge in [-0.15, -0.1) is 0 Å². The lowest BCUT2D eigenvalue weighted by Gasteiger charge is -1.99. The van der Waals surface area contributed by atoms with Gasteiger partial charge in [0.15, 0.2) is 0 Å². The molecule has 6 heteroatoms. The molecule has 3 rings (SSSR count). The molecule has 3 aromatic rings. The Morgan fingerprint density at radius 1 is 1.00 bits per heavy atom. The van der Waals surface area contributed by atoms with Crippen molar-refractivity contribution in [2.45, 2.75) is 0 Å². The van der Waals surface area contributed by atoms with Gasteiger partial charge in [-0.1, -0.05) is 17.3 Å². The van der Waals surface area contributed by atoms with Gasteiger partial charge in [0.05, 0.1) is 11.1 Å². The van der Waals surface area contributed by atoms with Gasteiger partial charge in [0.2, 0.25) is 5.82 Å². The van der Waals surface area contributed by atoms with Gasteiger partial charge < -0.3 is 14.7 Å². The van der Waals surface area contributed by atoms with E-state index in [9.17, 15) is 14.6 Å². The molecule has 2 aromatic carbocycles. The van der Waals surface area contributed by atoms with Gasteiger partial charge in [0.25, 0.3) is 5.89 Å². The first kappa shape index (κ1) is 12.2. The van der Waals surface area contributed by atoms with E-state index in [0.717, 1.165) is 0 Å². The smallest absolute Gasteiger partial charge is 0.262 e. The summed E-state index contributed by atoms with van der Waals surface area (Å²) < 4.78 is 18.6. The van der Waals surface area contributed by atoms with Gasteiger partial charge in [0, 0.05) is 0 Å². The molecule has 0 bridgehead atoms. The van der Waals surface area contributed by atoms with Crippen LogP contribution in [0.25, 0.3) is 22.8 Å². The van der Waals surface area contributed by atoms with E-state index < -0.39 is 5.82 Å². The summed E-state index contributed by atoms with van der Waals surface area (Å²) in [5, 5.41) is 22.8. The molecule has 1 heterocycles. The van der Waals surface area contributed by atoms with Crippen molar-refractivity contribution in [1.29, 1.82) is 0 Å². The lowest BCUT2D eigenvalue weighted by Crippen LogP contribution is -1.86. The van der Waals surface area contributed by atoms with Crippen LogP contribution in [0.3, 0.4) is 0 Å². The number of benzene rings is 2. The topological polar surface area (TPSA) is 79.4 Å². The minimum atomic E-state index is -0.472. The monoisotopic (exact) mass is 272 g/mol. The molecular weight excluding hydrogens is 263 g/mol. The van der Waals surface area contributed by atoms with Crippen molar-refractivity contribution in [3.8, 4) is 34.3 Å². The Morgan fingerprint density at radius 3 is 2.60 bits per heavy atom. The summed E-state index contributed by atoms with van der Waals surface area (Å²) in [6.07, 6.45) is 0. The molecule has 0 saturated carbocycles. The molecule has 100 valence electrons. The largest absolute Gasteiger partial charge is 0.508 e. The molecular formula is C14H9FN2O3. The van der Waals surface area contributed by atoms with Crippen LogP contribution in [-0.4, -0.2) is 20.4 Å². The third-order valence-electron chi connectivity index (χ3n) is 2.75. The summed E-state index contributed by atoms with van der Waals surface area (Å²) in [5.74, 6) is -0.576. The molecule has 2 N–H and O–H groups in total. The molecule has 0 spiro atoms. The average Bonchev–Trinajstić information content (AvgIpc) is 2.91. The summed E-state index contributed by atoms with van der Waals surface area (Å²) in [5.41, 5.74) is 0.377. The van der Waals surface area contributed by atoms with E-state index in [0.29, 0.717) is 0 Å². The third kappa shape index (κ3) is 2.07. The summed E-state index contributed by atoms with van der Waals surface area (Å²) in [6.45, 7) is 0. The Balaban J connectivity index is 2.07. The Bertz CT molecular complexity index is 771. The maximum atomic E-state index is 13.6. The summed E-state index contributed by atoms with van der Waals surface area (Å²) in [7, 11) is 0. The van der Waals surface area contributed by atoms with E-state index >= 15 is 0 Å². The number of phenols is 2. The van der Waals surface area contributed by atoms with Crippen molar-refractivity contribution in [3.05, 3.63) is 48.3 Å². The fraction of sp³-hybridized carbons (Fsp3) is 0. The second-order valence-corrected chi connectivity index (χ2v) is 4.10. The van der Waals surface area contributed by atoms with Crippen molar-refractivity contribution in [2.24, 2.45) is 0 Å². The van der Waals surface area contributed by atoms with Crippen molar-refractivity contribution < 1.29 is 19.1 Å². The number of hydrogen-bond donors (Lipinski definition) is 2. The third-order valence-corrected chi connectivity index (χ3v) is 2.75. The zero-order valence-corrected chi connectivity index (χ0v) is 10.1. The minimum absolute atomic E-state index is 0.00310. The predicted molar refractivity (Wildman–Crippen MR) is 68.5 cm³/mol. The van der Waals surface area contributed by atoms with E-state index in [4.69, 9.17) is 4.52 Å². The fourth-order valence-electron chi connectivity index (χ4n) is 1.78. The number of hydrogen-bond acceptors (Lipinski definition) is 5. The quantitative estimate of drug-likeness (QED) is 0.701. The molecule has 0 aliphatic heterocycles. The van der Waals surface area contributed by atoms with E-state index in [1.54, 1.807) is 12.1 Å². The highest BCUT2D eigenvalue weighted by atomic mass is 19.1. The van der Waals surface area contributed by atoms with Crippen LogP contribution >= 0.6 is 0 Å². The number of aromatic hydroxyl groups is 2. The molecule has 0 atom stereocenters. The van der Waals surface area contributed by atoms with Crippen LogP contribution in [0.2, 0.25) is 0 Å². The average molecular weight is 272 g/mol. The molecule has 0 fully saturated rings. The summed E-state index contributed by atoms with van der Waals surface area (Å²) >= 11 is 0. The van der Waals surface area contributed by atoms with Crippen LogP contribution in [0.15, 0.2) is 47.0 Å². The molecule has 0 radical (unpaired) electrons. The molecule has 0 saturated heterocycles. The number of aromatic nitrogens is 2. The number of phenolic OH excluding ortho intramolecular Hbond substituents is 2. The maximum absolute atomic E-state index is 13.6. The van der Waals surface area contributed by atoms with Crippen LogP contribution in [0.1, 0.15) is 0 Å². The number of rotatable bonds is 2. The van der Waals surface area contributed by atoms with Crippen molar-refractivity contribution >= 4 is 0 Å². The lowest BCUT2D eigenvalue weighted by atomic mass is 10.2. The van der Waals surface area contributed by atoms with Gasteiger partial charge in [0.1, 0.15) is 17.3 Å². The second-order valence-electron chi connectivity index (χ2n) is 4.10. The SMILES string of the molecule is Oc1ccc(O)c(-c2nc(-c3ccccc3F)no2)c1. The molecule has 0 aliphatic rings. The summed E-state index contributed by atoms with van der Waals surface area (Å²) in [6, 6.07) is 9.93. The van der Waals surface area contributed by atoms with Crippen LogP contribution in [0, 0.1) is 5.82 Å². The van der Waals surface area contributed by atoms with Crippen molar-refractivity contribution in [1.82, 2.24) is 10.1 Å². The molecule has 0 unspecified atom stereocenters. The Kier molecular flexibility index (Phi) is 2.83. The van der Waals surface area contributed by atoms with E-state index in [2.05, 4.69) is 10.1 Å². The second kappa shape index (κ2) is 4.65. The maximum Gasteiger partial charge on any atom is 0.262 e. The van der Waals surface area contributed by atoms with E-state index in [-0.39, 0.29) is 34.3 Å². The first-order chi connectivity index (χ1) is 9.65. The minimum Gasteiger partial charge on any atom is -0.508 e. The van der Waals surface area contributed by atoms with Crippen LogP contribution in [0.4, 0.5) is 4.39 Å². The lowest BCUT2D eigenvalue weighted by molar-refractivity contribution is 0.423.